The van der Waals surface area contributed by atoms with E-state index in [1.54, 1.807) is 12.1 Å². The van der Waals surface area contributed by atoms with Gasteiger partial charge in [0.25, 0.3) is 5.91 Å². The molecule has 0 saturated heterocycles. The van der Waals surface area contributed by atoms with Crippen LogP contribution in [-0.2, 0) is 4.79 Å². The topological polar surface area (TPSA) is 51.5 Å². The Morgan fingerprint density at radius 2 is 2.04 bits per heavy atom. The average molecular weight is 344 g/mol. The monoisotopic (exact) mass is 343 g/mol. The van der Waals surface area contributed by atoms with Crippen molar-refractivity contribution in [2.75, 3.05) is 6.61 Å². The third-order valence-electron chi connectivity index (χ3n) is 3.69. The first-order valence-electron chi connectivity index (χ1n) is 7.70. The number of hydrogen-bond donors (Lipinski definition) is 1. The number of hydrogen-bond acceptors (Lipinski definition) is 3. The minimum Gasteiger partial charge on any atom is -0.482 e. The molecule has 0 aliphatic rings. The van der Waals surface area contributed by atoms with E-state index >= 15 is 0 Å². The van der Waals surface area contributed by atoms with Crippen molar-refractivity contribution in [2.45, 2.75) is 19.9 Å². The molecule has 4 nitrogen and oxygen atoms in total. The highest BCUT2D eigenvalue weighted by Crippen LogP contribution is 2.26. The first-order valence-corrected chi connectivity index (χ1v) is 8.07. The number of rotatable bonds is 5. The van der Waals surface area contributed by atoms with Gasteiger partial charge in [-0.25, -0.2) is 0 Å². The predicted octanol–water partition coefficient (Wildman–Crippen LogP) is 4.65. The number of amides is 1. The molecule has 0 spiro atoms. The summed E-state index contributed by atoms with van der Waals surface area (Å²) in [6.45, 7) is 3.70. The van der Waals surface area contributed by atoms with E-state index in [9.17, 15) is 4.79 Å². The third kappa shape index (κ3) is 3.71. The number of furan rings is 1. The van der Waals surface area contributed by atoms with Gasteiger partial charge in [0.15, 0.2) is 6.61 Å². The van der Waals surface area contributed by atoms with Gasteiger partial charge in [0.2, 0.25) is 0 Å². The lowest BCUT2D eigenvalue weighted by atomic mass is 10.2. The second-order valence-electron chi connectivity index (χ2n) is 5.70. The molecule has 0 saturated carbocycles. The maximum absolute atomic E-state index is 12.1. The van der Waals surface area contributed by atoms with Crippen molar-refractivity contribution < 1.29 is 13.9 Å². The Kier molecular flexibility index (Phi) is 4.76. The van der Waals surface area contributed by atoms with E-state index in [4.69, 9.17) is 20.8 Å². The van der Waals surface area contributed by atoms with Crippen molar-refractivity contribution in [2.24, 2.45) is 0 Å². The molecule has 0 bridgehead atoms. The molecule has 3 aromatic rings. The predicted molar refractivity (Wildman–Crippen MR) is 94.5 cm³/mol. The van der Waals surface area contributed by atoms with E-state index in [2.05, 4.69) is 5.32 Å². The van der Waals surface area contributed by atoms with Gasteiger partial charge >= 0.3 is 0 Å². The fourth-order valence-corrected chi connectivity index (χ4v) is 2.61. The highest BCUT2D eigenvalue weighted by Gasteiger charge is 2.15. The van der Waals surface area contributed by atoms with Gasteiger partial charge in [-0.05, 0) is 43.7 Å². The van der Waals surface area contributed by atoms with Crippen molar-refractivity contribution in [3.05, 3.63) is 64.9 Å². The van der Waals surface area contributed by atoms with Crippen LogP contribution in [-0.4, -0.2) is 12.5 Å². The summed E-state index contributed by atoms with van der Waals surface area (Å²) >= 11 is 6.05. The molecule has 0 aliphatic carbocycles. The summed E-state index contributed by atoms with van der Waals surface area (Å²) in [5.41, 5.74) is 1.82. The number of aryl methyl sites for hydroxylation is 1. The van der Waals surface area contributed by atoms with Crippen LogP contribution in [0, 0.1) is 6.92 Å². The first kappa shape index (κ1) is 16.4. The molecule has 1 atom stereocenters. The summed E-state index contributed by atoms with van der Waals surface area (Å²) < 4.78 is 11.3. The molecule has 0 aliphatic heterocycles. The lowest BCUT2D eigenvalue weighted by Crippen LogP contribution is -2.31. The quantitative estimate of drug-likeness (QED) is 0.733. The zero-order valence-corrected chi connectivity index (χ0v) is 14.3. The Bertz CT molecular complexity index is 839. The molecule has 3 rings (SSSR count). The molecule has 2 aromatic carbocycles. The van der Waals surface area contributed by atoms with E-state index in [0.29, 0.717) is 16.5 Å². The maximum atomic E-state index is 12.1. The summed E-state index contributed by atoms with van der Waals surface area (Å²) in [5, 5.41) is 4.36. The summed E-state index contributed by atoms with van der Waals surface area (Å²) in [6.07, 6.45) is 0. The van der Waals surface area contributed by atoms with Crippen LogP contribution in [0.3, 0.4) is 0 Å². The second-order valence-corrected chi connectivity index (χ2v) is 6.11. The molecular weight excluding hydrogens is 326 g/mol. The van der Waals surface area contributed by atoms with Gasteiger partial charge in [-0.1, -0.05) is 35.9 Å². The normalized spacial score (nSPS) is 12.1. The highest BCUT2D eigenvalue weighted by atomic mass is 35.5. The molecule has 0 unspecified atom stereocenters. The first-order chi connectivity index (χ1) is 11.5. The lowest BCUT2D eigenvalue weighted by molar-refractivity contribution is -0.123. The van der Waals surface area contributed by atoms with Crippen LogP contribution in [0.4, 0.5) is 0 Å². The summed E-state index contributed by atoms with van der Waals surface area (Å²) in [4.78, 5) is 12.1. The summed E-state index contributed by atoms with van der Waals surface area (Å²) in [6, 6.07) is 14.9. The summed E-state index contributed by atoms with van der Waals surface area (Å²) in [5.74, 6) is 0.974. The van der Waals surface area contributed by atoms with Crippen LogP contribution in [0.25, 0.3) is 11.0 Å². The SMILES string of the molecule is Cc1ccc(Cl)c(OCC(=O)N[C@@H](C)c2cc3ccccc3o2)c1. The highest BCUT2D eigenvalue weighted by molar-refractivity contribution is 6.32. The molecular formula is C19H18ClNO3. The number of ether oxygens (including phenoxy) is 1. The number of halogens is 1. The van der Waals surface area contributed by atoms with Crippen LogP contribution in [0.2, 0.25) is 5.02 Å². The fraction of sp³-hybridized carbons (Fsp3) is 0.211. The summed E-state index contributed by atoms with van der Waals surface area (Å²) in [7, 11) is 0. The van der Waals surface area contributed by atoms with Gasteiger partial charge in [0, 0.05) is 5.39 Å². The number of nitrogens with one attached hydrogen (secondary N) is 1. The van der Waals surface area contributed by atoms with Crippen molar-refractivity contribution in [3.8, 4) is 5.75 Å². The Morgan fingerprint density at radius 3 is 2.83 bits per heavy atom. The van der Waals surface area contributed by atoms with Crippen LogP contribution in [0.1, 0.15) is 24.3 Å². The van der Waals surface area contributed by atoms with E-state index in [-0.39, 0.29) is 18.6 Å². The lowest BCUT2D eigenvalue weighted by Gasteiger charge is -2.13. The smallest absolute Gasteiger partial charge is 0.258 e. The van der Waals surface area contributed by atoms with Crippen molar-refractivity contribution in [1.82, 2.24) is 5.32 Å². The van der Waals surface area contributed by atoms with Crippen molar-refractivity contribution in [3.63, 3.8) is 0 Å². The molecule has 0 radical (unpaired) electrons. The van der Waals surface area contributed by atoms with Gasteiger partial charge in [0.05, 0.1) is 11.1 Å². The number of para-hydroxylation sites is 1. The molecule has 24 heavy (non-hydrogen) atoms. The maximum Gasteiger partial charge on any atom is 0.258 e. The molecule has 0 fully saturated rings. The zero-order valence-electron chi connectivity index (χ0n) is 13.5. The third-order valence-corrected chi connectivity index (χ3v) is 4.01. The average Bonchev–Trinajstić information content (AvgIpc) is 3.00. The Balaban J connectivity index is 1.60. The van der Waals surface area contributed by atoms with Gasteiger partial charge in [-0.3, -0.25) is 4.79 Å². The fourth-order valence-electron chi connectivity index (χ4n) is 2.43. The van der Waals surface area contributed by atoms with Crippen LogP contribution in [0.15, 0.2) is 52.9 Å². The Labute approximate surface area is 145 Å². The standard InChI is InChI=1S/C19H18ClNO3/c1-12-7-8-15(20)18(9-12)23-11-19(22)21-13(2)17-10-14-5-3-4-6-16(14)24-17/h3-10,13H,11H2,1-2H3,(H,21,22)/t13-/m0/s1. The second kappa shape index (κ2) is 6.97. The molecule has 1 amide bonds. The van der Waals surface area contributed by atoms with Gasteiger partial charge in [-0.2, -0.15) is 0 Å². The van der Waals surface area contributed by atoms with Gasteiger partial charge in [0.1, 0.15) is 17.1 Å². The van der Waals surface area contributed by atoms with Crippen LogP contribution >= 0.6 is 11.6 Å². The van der Waals surface area contributed by atoms with Gasteiger partial charge in [-0.15, -0.1) is 0 Å². The number of carbonyl (C=O) groups is 1. The van der Waals surface area contributed by atoms with E-state index in [0.717, 1.165) is 16.5 Å². The number of carbonyl (C=O) groups excluding carboxylic acids is 1. The molecule has 1 heterocycles. The number of benzene rings is 2. The molecule has 5 heteroatoms. The largest absolute Gasteiger partial charge is 0.482 e. The van der Waals surface area contributed by atoms with Crippen LogP contribution in [0.5, 0.6) is 5.75 Å². The van der Waals surface area contributed by atoms with Crippen molar-refractivity contribution in [1.29, 1.82) is 0 Å². The molecule has 124 valence electrons. The Morgan fingerprint density at radius 1 is 1.25 bits per heavy atom. The van der Waals surface area contributed by atoms with E-state index in [1.165, 1.54) is 0 Å². The van der Waals surface area contributed by atoms with Gasteiger partial charge < -0.3 is 14.5 Å². The van der Waals surface area contributed by atoms with Crippen LogP contribution < -0.4 is 10.1 Å². The minimum atomic E-state index is -0.249. The van der Waals surface area contributed by atoms with E-state index in [1.807, 2.05) is 50.2 Å². The zero-order chi connectivity index (χ0) is 17.1. The molecule has 1 aromatic heterocycles. The van der Waals surface area contributed by atoms with Crippen molar-refractivity contribution >= 4 is 28.5 Å². The number of fused-ring (bicyclic) bond motifs is 1. The minimum absolute atomic E-state index is 0.103. The van der Waals surface area contributed by atoms with E-state index < -0.39 is 0 Å². The Hall–Kier alpha value is -2.46. The molecule has 1 N–H and O–H groups in total.